The van der Waals surface area contributed by atoms with Crippen molar-refractivity contribution in [2.45, 2.75) is 33.2 Å². The van der Waals surface area contributed by atoms with Gasteiger partial charge in [-0.25, -0.2) is 0 Å². The Morgan fingerprint density at radius 1 is 1.19 bits per heavy atom. The first-order valence-electron chi connectivity index (χ1n) is 8.96. The fourth-order valence-electron chi connectivity index (χ4n) is 3.07. The van der Waals surface area contributed by atoms with Crippen molar-refractivity contribution in [3.63, 3.8) is 0 Å². The predicted octanol–water partition coefficient (Wildman–Crippen LogP) is 4.24. The Morgan fingerprint density at radius 2 is 2.00 bits per heavy atom. The van der Waals surface area contributed by atoms with Gasteiger partial charge in [0.15, 0.2) is 12.0 Å². The summed E-state index contributed by atoms with van der Waals surface area (Å²) in [5.41, 5.74) is 0.806. The second-order valence-electron chi connectivity index (χ2n) is 5.99. The van der Waals surface area contributed by atoms with E-state index in [1.54, 1.807) is 4.57 Å². The summed E-state index contributed by atoms with van der Waals surface area (Å²) in [6.45, 7) is 5.99. The molecule has 0 aliphatic rings. The summed E-state index contributed by atoms with van der Waals surface area (Å²) in [5, 5.41) is 1.48. The number of aldehydes is 1. The van der Waals surface area contributed by atoms with Gasteiger partial charge in [0, 0.05) is 18.5 Å². The number of hydrogen-bond donors (Lipinski definition) is 0. The molecule has 0 unspecified atom stereocenters. The Kier molecular flexibility index (Phi) is 6.06. The van der Waals surface area contributed by atoms with Crippen LogP contribution in [0.4, 0.5) is 0 Å². The minimum atomic E-state index is -0.0945. The molecule has 0 saturated heterocycles. The SMILES string of the molecule is CCCCn1c(=O)c2c(OCCOCC)c(C=O)sc2c2ccccc21. The van der Waals surface area contributed by atoms with Crippen LogP contribution in [0.15, 0.2) is 29.1 Å². The molecular formula is C20H23NO4S. The van der Waals surface area contributed by atoms with E-state index in [1.165, 1.54) is 11.3 Å². The summed E-state index contributed by atoms with van der Waals surface area (Å²) in [5.74, 6) is 0.390. The number of fused-ring (bicyclic) bond motifs is 3. The highest BCUT2D eigenvalue weighted by atomic mass is 32.1. The second kappa shape index (κ2) is 8.47. The number of nitrogens with zero attached hydrogens (tertiary/aromatic N) is 1. The van der Waals surface area contributed by atoms with E-state index in [0.29, 0.717) is 42.4 Å². The second-order valence-corrected chi connectivity index (χ2v) is 7.04. The van der Waals surface area contributed by atoms with E-state index in [-0.39, 0.29) is 5.56 Å². The van der Waals surface area contributed by atoms with Crippen molar-refractivity contribution in [1.82, 2.24) is 4.57 Å². The number of para-hydroxylation sites is 1. The number of pyridine rings is 1. The fourth-order valence-corrected chi connectivity index (χ4v) is 4.16. The molecular weight excluding hydrogens is 350 g/mol. The van der Waals surface area contributed by atoms with Gasteiger partial charge in [0.25, 0.3) is 5.56 Å². The standard InChI is InChI=1S/C20H23NO4S/c1-3-5-10-21-15-9-7-6-8-14(15)19-17(20(21)23)18(16(13-22)26-19)25-12-11-24-4-2/h6-9,13H,3-5,10-12H2,1-2H3. The van der Waals surface area contributed by atoms with Gasteiger partial charge in [-0.15, -0.1) is 11.3 Å². The number of unbranched alkanes of at least 4 members (excludes halogenated alkanes) is 1. The molecule has 3 rings (SSSR count). The van der Waals surface area contributed by atoms with E-state index in [4.69, 9.17) is 9.47 Å². The Labute approximate surface area is 156 Å². The molecule has 1 aromatic carbocycles. The maximum atomic E-state index is 13.2. The number of aromatic nitrogens is 1. The molecule has 0 bridgehead atoms. The van der Waals surface area contributed by atoms with E-state index in [0.717, 1.165) is 34.7 Å². The van der Waals surface area contributed by atoms with Crippen LogP contribution in [0.25, 0.3) is 21.0 Å². The van der Waals surface area contributed by atoms with E-state index in [2.05, 4.69) is 6.92 Å². The van der Waals surface area contributed by atoms with Crippen molar-refractivity contribution in [2.75, 3.05) is 19.8 Å². The average Bonchev–Trinajstić information content (AvgIpc) is 3.04. The third kappa shape index (κ3) is 3.39. The Balaban J connectivity index is 2.22. The molecule has 0 aliphatic heterocycles. The minimum Gasteiger partial charge on any atom is -0.489 e. The average molecular weight is 373 g/mol. The molecule has 0 radical (unpaired) electrons. The van der Waals surface area contributed by atoms with Crippen LogP contribution < -0.4 is 10.3 Å². The number of rotatable bonds is 9. The largest absolute Gasteiger partial charge is 0.489 e. The topological polar surface area (TPSA) is 57.5 Å². The zero-order valence-electron chi connectivity index (χ0n) is 15.1. The number of benzene rings is 1. The number of carbonyl (C=O) groups is 1. The monoisotopic (exact) mass is 373 g/mol. The highest BCUT2D eigenvalue weighted by Gasteiger charge is 2.21. The van der Waals surface area contributed by atoms with Crippen molar-refractivity contribution >= 4 is 38.6 Å². The van der Waals surface area contributed by atoms with Crippen molar-refractivity contribution in [3.8, 4) is 5.75 Å². The summed E-state index contributed by atoms with van der Waals surface area (Å²) in [4.78, 5) is 25.3. The molecule has 0 spiro atoms. The van der Waals surface area contributed by atoms with E-state index >= 15 is 0 Å². The molecule has 0 saturated carbocycles. The van der Waals surface area contributed by atoms with Gasteiger partial charge < -0.3 is 14.0 Å². The van der Waals surface area contributed by atoms with Gasteiger partial charge in [-0.2, -0.15) is 0 Å². The normalized spacial score (nSPS) is 11.3. The molecule has 0 N–H and O–H groups in total. The zero-order chi connectivity index (χ0) is 18.5. The minimum absolute atomic E-state index is 0.0945. The Morgan fingerprint density at radius 3 is 2.73 bits per heavy atom. The maximum absolute atomic E-state index is 13.2. The smallest absolute Gasteiger partial charge is 0.263 e. The van der Waals surface area contributed by atoms with Crippen molar-refractivity contribution in [2.24, 2.45) is 0 Å². The van der Waals surface area contributed by atoms with Gasteiger partial charge in [-0.3, -0.25) is 9.59 Å². The van der Waals surface area contributed by atoms with Gasteiger partial charge in [0.2, 0.25) is 0 Å². The van der Waals surface area contributed by atoms with Gasteiger partial charge >= 0.3 is 0 Å². The lowest BCUT2D eigenvalue weighted by Crippen LogP contribution is -2.21. The number of carbonyl (C=O) groups excluding carboxylic acids is 1. The highest BCUT2D eigenvalue weighted by Crippen LogP contribution is 2.38. The Hall–Kier alpha value is -2.18. The molecule has 6 heteroatoms. The number of thiophene rings is 1. The maximum Gasteiger partial charge on any atom is 0.263 e. The first-order valence-corrected chi connectivity index (χ1v) is 9.78. The van der Waals surface area contributed by atoms with E-state index < -0.39 is 0 Å². The summed E-state index contributed by atoms with van der Waals surface area (Å²) in [7, 11) is 0. The van der Waals surface area contributed by atoms with Crippen molar-refractivity contribution < 1.29 is 14.3 Å². The van der Waals surface area contributed by atoms with Crippen molar-refractivity contribution in [1.29, 1.82) is 0 Å². The van der Waals surface area contributed by atoms with Gasteiger partial charge in [-0.05, 0) is 19.4 Å². The third-order valence-corrected chi connectivity index (χ3v) is 5.44. The van der Waals surface area contributed by atoms with Gasteiger partial charge in [0.05, 0.1) is 16.8 Å². The van der Waals surface area contributed by atoms with Crippen molar-refractivity contribution in [3.05, 3.63) is 39.5 Å². The molecule has 138 valence electrons. The molecule has 3 aromatic rings. The van der Waals surface area contributed by atoms with Gasteiger partial charge in [0.1, 0.15) is 16.9 Å². The lowest BCUT2D eigenvalue weighted by molar-refractivity contribution is 0.107. The van der Waals surface area contributed by atoms with Crippen LogP contribution in [0.1, 0.15) is 36.4 Å². The van der Waals surface area contributed by atoms with Crippen LogP contribution in [0, 0.1) is 0 Å². The molecule has 0 amide bonds. The van der Waals surface area contributed by atoms with E-state index in [9.17, 15) is 9.59 Å². The molecule has 26 heavy (non-hydrogen) atoms. The Bertz CT molecular complexity index is 973. The number of aryl methyl sites for hydroxylation is 1. The predicted molar refractivity (Wildman–Crippen MR) is 106 cm³/mol. The number of ether oxygens (including phenoxy) is 2. The zero-order valence-corrected chi connectivity index (χ0v) is 15.9. The summed E-state index contributed by atoms with van der Waals surface area (Å²) < 4.78 is 13.7. The number of hydrogen-bond acceptors (Lipinski definition) is 5. The summed E-state index contributed by atoms with van der Waals surface area (Å²) >= 11 is 1.32. The molecule has 0 aliphatic carbocycles. The van der Waals surface area contributed by atoms with Crippen LogP contribution >= 0.6 is 11.3 Å². The molecule has 5 nitrogen and oxygen atoms in total. The first kappa shape index (κ1) is 18.6. The van der Waals surface area contributed by atoms with Crippen LogP contribution in [-0.2, 0) is 11.3 Å². The van der Waals surface area contributed by atoms with Crippen LogP contribution in [0.2, 0.25) is 0 Å². The highest BCUT2D eigenvalue weighted by molar-refractivity contribution is 7.22. The van der Waals surface area contributed by atoms with E-state index in [1.807, 2.05) is 31.2 Å². The van der Waals surface area contributed by atoms with Crippen LogP contribution in [-0.4, -0.2) is 30.7 Å². The summed E-state index contributed by atoms with van der Waals surface area (Å²) in [6, 6.07) is 7.84. The fraction of sp³-hybridized carbons (Fsp3) is 0.400. The van der Waals surface area contributed by atoms with Crippen LogP contribution in [0.3, 0.4) is 0 Å². The first-order chi connectivity index (χ1) is 12.7. The van der Waals surface area contributed by atoms with Crippen LogP contribution in [0.5, 0.6) is 5.75 Å². The lowest BCUT2D eigenvalue weighted by Gasteiger charge is -2.12. The molecule has 0 fully saturated rings. The quantitative estimate of drug-likeness (QED) is 0.416. The third-order valence-electron chi connectivity index (χ3n) is 4.31. The molecule has 2 heterocycles. The molecule has 2 aromatic heterocycles. The van der Waals surface area contributed by atoms with Gasteiger partial charge in [-0.1, -0.05) is 31.5 Å². The molecule has 0 atom stereocenters. The summed E-state index contributed by atoms with van der Waals surface area (Å²) in [6.07, 6.45) is 2.69. The lowest BCUT2D eigenvalue weighted by atomic mass is 10.1.